The number of morpholine rings is 1. The number of oxime groups is 1. The zero-order chi connectivity index (χ0) is 13.0. The van der Waals surface area contributed by atoms with E-state index in [1.807, 2.05) is 24.3 Å². The molecule has 1 aromatic carbocycles. The second kappa shape index (κ2) is 5.84. The van der Waals surface area contributed by atoms with Crippen molar-refractivity contribution in [2.24, 2.45) is 10.9 Å². The van der Waals surface area contributed by atoms with Crippen LogP contribution in [-0.4, -0.2) is 41.7 Å². The molecule has 98 valence electrons. The van der Waals surface area contributed by atoms with Gasteiger partial charge >= 0.3 is 0 Å². The van der Waals surface area contributed by atoms with Gasteiger partial charge in [0.2, 0.25) is 0 Å². The normalized spacial score (nSPS) is 22.1. The summed E-state index contributed by atoms with van der Waals surface area (Å²) in [6, 6.07) is 7.73. The minimum Gasteiger partial charge on any atom is -0.409 e. The standard InChI is InChI=1S/C13H19N3O2/c1-10-8-16(6-7-18-10)9-11-4-2-3-5-12(11)13(14)15-17/h2-5,10,17H,6-9H2,1H3,(H2,14,15). The highest BCUT2D eigenvalue weighted by atomic mass is 16.5. The van der Waals surface area contributed by atoms with Gasteiger partial charge in [0.25, 0.3) is 0 Å². The van der Waals surface area contributed by atoms with Crippen molar-refractivity contribution in [3.05, 3.63) is 35.4 Å². The minimum absolute atomic E-state index is 0.159. The molecule has 1 heterocycles. The number of benzene rings is 1. The molecule has 0 spiro atoms. The van der Waals surface area contributed by atoms with E-state index in [2.05, 4.69) is 17.0 Å². The Hall–Kier alpha value is -1.59. The minimum atomic E-state index is 0.159. The highest BCUT2D eigenvalue weighted by Crippen LogP contribution is 2.14. The summed E-state index contributed by atoms with van der Waals surface area (Å²) in [5.41, 5.74) is 7.55. The zero-order valence-corrected chi connectivity index (χ0v) is 10.5. The third-order valence-corrected chi connectivity index (χ3v) is 3.12. The van der Waals surface area contributed by atoms with E-state index in [4.69, 9.17) is 15.7 Å². The molecule has 0 radical (unpaired) electrons. The van der Waals surface area contributed by atoms with Crippen LogP contribution in [0.5, 0.6) is 0 Å². The summed E-state index contributed by atoms with van der Waals surface area (Å²) in [6.07, 6.45) is 0.259. The number of rotatable bonds is 3. The van der Waals surface area contributed by atoms with Crippen molar-refractivity contribution in [3.63, 3.8) is 0 Å². The van der Waals surface area contributed by atoms with E-state index in [0.717, 1.165) is 37.4 Å². The Labute approximate surface area is 107 Å². The van der Waals surface area contributed by atoms with E-state index in [1.165, 1.54) is 0 Å². The molecule has 5 nitrogen and oxygen atoms in total. The van der Waals surface area contributed by atoms with Gasteiger partial charge in [-0.15, -0.1) is 0 Å². The number of hydrogen-bond acceptors (Lipinski definition) is 4. The van der Waals surface area contributed by atoms with Gasteiger partial charge in [-0.05, 0) is 12.5 Å². The van der Waals surface area contributed by atoms with Gasteiger partial charge < -0.3 is 15.7 Å². The molecule has 1 aliphatic heterocycles. The fraction of sp³-hybridized carbons (Fsp3) is 0.462. The first-order valence-corrected chi connectivity index (χ1v) is 6.10. The lowest BCUT2D eigenvalue weighted by atomic mass is 10.1. The van der Waals surface area contributed by atoms with Crippen LogP contribution in [0.1, 0.15) is 18.1 Å². The lowest BCUT2D eigenvalue weighted by molar-refractivity contribution is -0.0212. The molecule has 1 atom stereocenters. The van der Waals surface area contributed by atoms with Crippen LogP contribution >= 0.6 is 0 Å². The van der Waals surface area contributed by atoms with E-state index in [0.29, 0.717) is 0 Å². The Bertz CT molecular complexity index is 434. The van der Waals surface area contributed by atoms with Crippen molar-refractivity contribution in [1.82, 2.24) is 4.90 Å². The van der Waals surface area contributed by atoms with Crippen molar-refractivity contribution < 1.29 is 9.94 Å². The third-order valence-electron chi connectivity index (χ3n) is 3.12. The van der Waals surface area contributed by atoms with Crippen molar-refractivity contribution in [2.45, 2.75) is 19.6 Å². The number of hydrogen-bond donors (Lipinski definition) is 2. The highest BCUT2D eigenvalue weighted by Gasteiger charge is 2.18. The molecule has 2 rings (SSSR count). The van der Waals surface area contributed by atoms with E-state index < -0.39 is 0 Å². The first-order valence-electron chi connectivity index (χ1n) is 6.10. The van der Waals surface area contributed by atoms with Crippen LogP contribution in [0.4, 0.5) is 0 Å². The maximum Gasteiger partial charge on any atom is 0.170 e. The van der Waals surface area contributed by atoms with Gasteiger partial charge in [-0.3, -0.25) is 4.90 Å². The Kier molecular flexibility index (Phi) is 4.17. The Morgan fingerprint density at radius 3 is 3.06 bits per heavy atom. The molecule has 0 bridgehead atoms. The van der Waals surface area contributed by atoms with Crippen molar-refractivity contribution >= 4 is 5.84 Å². The summed E-state index contributed by atoms with van der Waals surface area (Å²) in [5.74, 6) is 0.159. The number of nitrogens with two attached hydrogens (primary N) is 1. The van der Waals surface area contributed by atoms with Gasteiger partial charge in [0.1, 0.15) is 0 Å². The zero-order valence-electron chi connectivity index (χ0n) is 10.5. The van der Waals surface area contributed by atoms with Crippen LogP contribution in [0.15, 0.2) is 29.4 Å². The Morgan fingerprint density at radius 2 is 2.33 bits per heavy atom. The quantitative estimate of drug-likeness (QED) is 0.363. The number of nitrogens with zero attached hydrogens (tertiary/aromatic N) is 2. The van der Waals surface area contributed by atoms with E-state index in [-0.39, 0.29) is 11.9 Å². The molecule has 1 aromatic rings. The molecule has 0 amide bonds. The SMILES string of the molecule is CC1CN(Cc2ccccc2/C(N)=N/O)CCO1. The molecule has 0 saturated carbocycles. The molecule has 0 aliphatic carbocycles. The lowest BCUT2D eigenvalue weighted by Gasteiger charge is -2.31. The average Bonchev–Trinajstić information content (AvgIpc) is 2.38. The topological polar surface area (TPSA) is 71.1 Å². The maximum atomic E-state index is 8.79. The van der Waals surface area contributed by atoms with Gasteiger partial charge in [0, 0.05) is 25.2 Å². The maximum absolute atomic E-state index is 8.79. The van der Waals surface area contributed by atoms with Gasteiger partial charge in [0.05, 0.1) is 12.7 Å². The molecule has 1 aliphatic rings. The van der Waals surface area contributed by atoms with Crippen LogP contribution in [0, 0.1) is 0 Å². The predicted molar refractivity (Wildman–Crippen MR) is 69.6 cm³/mol. The molecule has 5 heteroatoms. The van der Waals surface area contributed by atoms with Gasteiger partial charge in [-0.2, -0.15) is 0 Å². The predicted octanol–water partition coefficient (Wildman–Crippen LogP) is 1.00. The second-order valence-corrected chi connectivity index (χ2v) is 4.56. The summed E-state index contributed by atoms with van der Waals surface area (Å²) in [4.78, 5) is 2.32. The smallest absolute Gasteiger partial charge is 0.170 e. The molecular formula is C13H19N3O2. The van der Waals surface area contributed by atoms with Crippen LogP contribution in [0.2, 0.25) is 0 Å². The lowest BCUT2D eigenvalue weighted by Crippen LogP contribution is -2.40. The van der Waals surface area contributed by atoms with E-state index in [9.17, 15) is 0 Å². The Morgan fingerprint density at radius 1 is 1.56 bits per heavy atom. The summed E-state index contributed by atoms with van der Waals surface area (Å²) in [5, 5.41) is 11.9. The van der Waals surface area contributed by atoms with Crippen LogP contribution in [0.25, 0.3) is 0 Å². The summed E-state index contributed by atoms with van der Waals surface area (Å²) >= 11 is 0. The third kappa shape index (κ3) is 3.00. The van der Waals surface area contributed by atoms with E-state index in [1.54, 1.807) is 0 Å². The average molecular weight is 249 g/mol. The molecule has 1 saturated heterocycles. The number of amidine groups is 1. The van der Waals surface area contributed by atoms with Crippen LogP contribution < -0.4 is 5.73 Å². The van der Waals surface area contributed by atoms with Gasteiger partial charge in [-0.25, -0.2) is 0 Å². The molecule has 1 fully saturated rings. The summed E-state index contributed by atoms with van der Waals surface area (Å²) in [7, 11) is 0. The van der Waals surface area contributed by atoms with Gasteiger partial charge in [-0.1, -0.05) is 29.4 Å². The molecule has 18 heavy (non-hydrogen) atoms. The molecule has 3 N–H and O–H groups in total. The Balaban J connectivity index is 2.13. The van der Waals surface area contributed by atoms with Crippen molar-refractivity contribution in [1.29, 1.82) is 0 Å². The summed E-state index contributed by atoms with van der Waals surface area (Å²) in [6.45, 7) is 5.44. The van der Waals surface area contributed by atoms with Crippen molar-refractivity contribution in [3.8, 4) is 0 Å². The largest absolute Gasteiger partial charge is 0.409 e. The molecular weight excluding hydrogens is 230 g/mol. The van der Waals surface area contributed by atoms with Crippen LogP contribution in [0.3, 0.4) is 0 Å². The first-order chi connectivity index (χ1) is 8.70. The molecule has 0 aromatic heterocycles. The highest BCUT2D eigenvalue weighted by molar-refractivity contribution is 5.98. The van der Waals surface area contributed by atoms with E-state index >= 15 is 0 Å². The number of ether oxygens (including phenoxy) is 1. The van der Waals surface area contributed by atoms with Crippen LogP contribution in [-0.2, 0) is 11.3 Å². The fourth-order valence-corrected chi connectivity index (χ4v) is 2.24. The monoisotopic (exact) mass is 249 g/mol. The second-order valence-electron chi connectivity index (χ2n) is 4.56. The van der Waals surface area contributed by atoms with Gasteiger partial charge in [0.15, 0.2) is 5.84 Å². The van der Waals surface area contributed by atoms with Crippen molar-refractivity contribution in [2.75, 3.05) is 19.7 Å². The summed E-state index contributed by atoms with van der Waals surface area (Å²) < 4.78 is 5.51. The molecule has 1 unspecified atom stereocenters. The first kappa shape index (κ1) is 12.9. The fourth-order valence-electron chi connectivity index (χ4n) is 2.24.